The van der Waals surface area contributed by atoms with E-state index in [1.807, 2.05) is 13.8 Å². The van der Waals surface area contributed by atoms with Gasteiger partial charge in [0.25, 0.3) is 0 Å². The van der Waals surface area contributed by atoms with Crippen molar-refractivity contribution in [1.29, 1.82) is 0 Å². The van der Waals surface area contributed by atoms with Gasteiger partial charge in [0.15, 0.2) is 11.7 Å². The van der Waals surface area contributed by atoms with E-state index in [4.69, 9.17) is 19.6 Å². The molecular formula is C57H83N11O15. The second-order valence-corrected chi connectivity index (χ2v) is 21.3. The van der Waals surface area contributed by atoms with Crippen molar-refractivity contribution in [1.82, 2.24) is 47.9 Å². The molecule has 10 amide bonds. The lowest BCUT2D eigenvalue weighted by Crippen LogP contribution is -2.58. The lowest BCUT2D eigenvalue weighted by Gasteiger charge is -2.26. The molecule has 1 aliphatic heterocycles. The Labute approximate surface area is 482 Å². The van der Waals surface area contributed by atoms with Crippen LogP contribution in [0.5, 0.6) is 5.75 Å². The largest absolute Gasteiger partial charge is 0.508 e. The van der Waals surface area contributed by atoms with Crippen molar-refractivity contribution in [2.24, 2.45) is 11.7 Å². The minimum absolute atomic E-state index is 0.0310. The Balaban J connectivity index is 1.35. The van der Waals surface area contributed by atoms with Crippen molar-refractivity contribution in [3.8, 4) is 28.2 Å². The zero-order valence-corrected chi connectivity index (χ0v) is 48.3. The first-order valence-electron chi connectivity index (χ1n) is 27.8. The maximum atomic E-state index is 14.1. The molecule has 456 valence electrons. The number of amides is 10. The molecule has 83 heavy (non-hydrogen) atoms. The number of nitrogens with one attached hydrogen (secondary N) is 10. The molecule has 15 N–H and O–H groups in total. The van der Waals surface area contributed by atoms with Gasteiger partial charge in [-0.15, -0.1) is 0 Å². The molecule has 0 saturated heterocycles. The molecule has 0 radical (unpaired) electrons. The summed E-state index contributed by atoms with van der Waals surface area (Å²) in [5.41, 5.74) is 5.83. The number of carbonyl (C=O) groups excluding carboxylic acids is 8. The summed E-state index contributed by atoms with van der Waals surface area (Å²) in [6, 6.07) is 6.91. The smallest absolute Gasteiger partial charge is 0.407 e. The third-order valence-corrected chi connectivity index (χ3v) is 12.5. The van der Waals surface area contributed by atoms with Gasteiger partial charge in [0.2, 0.25) is 29.5 Å². The molecule has 2 aliphatic rings. The van der Waals surface area contributed by atoms with Crippen LogP contribution in [-0.2, 0) is 33.4 Å². The van der Waals surface area contributed by atoms with E-state index in [0.29, 0.717) is 54.4 Å². The van der Waals surface area contributed by atoms with E-state index in [-0.39, 0.29) is 110 Å². The van der Waals surface area contributed by atoms with E-state index in [2.05, 4.69) is 53.2 Å². The van der Waals surface area contributed by atoms with Crippen molar-refractivity contribution in [3.63, 3.8) is 0 Å². The van der Waals surface area contributed by atoms with Gasteiger partial charge in [-0.1, -0.05) is 19.9 Å². The maximum Gasteiger partial charge on any atom is 0.407 e. The van der Waals surface area contributed by atoms with Gasteiger partial charge < -0.3 is 88.1 Å². The molecule has 0 saturated carbocycles. The van der Waals surface area contributed by atoms with Gasteiger partial charge in [-0.2, -0.15) is 0 Å². The van der Waals surface area contributed by atoms with Crippen molar-refractivity contribution in [2.75, 3.05) is 57.8 Å². The number of phenolic OH excluding ortho intramolecular Hbond substituents is 1. The molecule has 26 nitrogen and oxygen atoms in total. The summed E-state index contributed by atoms with van der Waals surface area (Å²) in [7, 11) is 0. The first-order valence-corrected chi connectivity index (χ1v) is 27.8. The molecule has 4 rings (SSSR count). The summed E-state index contributed by atoms with van der Waals surface area (Å²) in [5.74, 6) is -3.00. The fourth-order valence-corrected chi connectivity index (χ4v) is 8.37. The highest BCUT2D eigenvalue weighted by Gasteiger charge is 2.31. The molecule has 0 aromatic heterocycles. The standard InChI is InChI=1S/C57H83N11O15/c1-33(2)29-44(52(75)64-34(3)49(72)60-25-12-24-59-47(71)20-27-81-28-26-62-54(78)61-22-11-9-21-58)68-51(74)43(13-8-10-23-63-56(80)83-57(5,6)7)67-50(73)35(4)65-55(79)66-36-14-17-39(42(30-36)53(76)77)48-40-18-15-37(69)31-45(40)82-46-32-38(70)16-19-41(46)48/h14-19,30-35,43-44,53,69,76-77H,8-13,20-29,58H2,1-7H3,(H,59,71)(H,60,72)(H,63,80)(H,64,75)(H,67,73)(H,68,74)(H2,61,62,78)(H2,65,66,79)/t34-,35-,43-,44-/m0/s1. The van der Waals surface area contributed by atoms with Gasteiger partial charge in [-0.05, 0) is 134 Å². The molecule has 1 heterocycles. The highest BCUT2D eigenvalue weighted by molar-refractivity contribution is 6.03. The predicted molar refractivity (Wildman–Crippen MR) is 310 cm³/mol. The Kier molecular flexibility index (Phi) is 27.4. The number of anilines is 1. The lowest BCUT2D eigenvalue weighted by molar-refractivity contribution is -0.134. The summed E-state index contributed by atoms with van der Waals surface area (Å²) < 4.78 is 16.6. The average Bonchev–Trinajstić information content (AvgIpc) is 2.71. The minimum atomic E-state index is -2.06. The summed E-state index contributed by atoms with van der Waals surface area (Å²) in [6.45, 7) is 14.0. The Morgan fingerprint density at radius 3 is 2.00 bits per heavy atom. The number of urea groups is 2. The van der Waals surface area contributed by atoms with Crippen LogP contribution in [0.3, 0.4) is 0 Å². The first-order chi connectivity index (χ1) is 39.3. The highest BCUT2D eigenvalue weighted by atomic mass is 16.6. The van der Waals surface area contributed by atoms with Crippen LogP contribution in [0.4, 0.5) is 20.1 Å². The Bertz CT molecular complexity index is 2850. The van der Waals surface area contributed by atoms with E-state index in [1.54, 1.807) is 26.8 Å². The lowest BCUT2D eigenvalue weighted by atomic mass is 9.90. The number of phenols is 1. The monoisotopic (exact) mass is 1160 g/mol. The molecule has 2 aromatic carbocycles. The van der Waals surface area contributed by atoms with Gasteiger partial charge in [0.1, 0.15) is 46.9 Å². The van der Waals surface area contributed by atoms with Crippen molar-refractivity contribution in [2.45, 2.75) is 136 Å². The number of nitrogens with two attached hydrogens (primary N) is 1. The molecule has 0 fully saturated rings. The van der Waals surface area contributed by atoms with E-state index in [1.165, 1.54) is 62.4 Å². The summed E-state index contributed by atoms with van der Waals surface area (Å²) in [5, 5.41) is 58.5. The maximum absolute atomic E-state index is 14.1. The third kappa shape index (κ3) is 23.7. The van der Waals surface area contributed by atoms with Gasteiger partial charge in [-0.3, -0.25) is 28.8 Å². The number of alkyl carbamates (subject to hydrolysis) is 1. The molecule has 4 atom stereocenters. The number of fused-ring (bicyclic) bond motifs is 2. The van der Waals surface area contributed by atoms with Crippen LogP contribution < -0.4 is 64.3 Å². The Hall–Kier alpha value is -8.07. The number of benzene rings is 3. The number of unbranched alkanes of at least 4 members (excludes halogenated alkanes) is 2. The number of hydrogen-bond acceptors (Lipinski definition) is 16. The van der Waals surface area contributed by atoms with Gasteiger partial charge >= 0.3 is 18.2 Å². The fourth-order valence-electron chi connectivity index (χ4n) is 8.37. The average molecular weight is 1160 g/mol. The number of ether oxygens (including phenoxy) is 2. The quantitative estimate of drug-likeness (QED) is 0.0190. The van der Waals surface area contributed by atoms with Crippen LogP contribution in [0.2, 0.25) is 0 Å². The van der Waals surface area contributed by atoms with E-state index in [9.17, 15) is 58.5 Å². The topological polar surface area (TPSA) is 392 Å². The van der Waals surface area contributed by atoms with E-state index >= 15 is 0 Å². The summed E-state index contributed by atoms with van der Waals surface area (Å²) >= 11 is 0. The number of hydrogen-bond donors (Lipinski definition) is 14. The van der Waals surface area contributed by atoms with Crippen LogP contribution in [0.1, 0.15) is 112 Å². The Morgan fingerprint density at radius 2 is 1.29 bits per heavy atom. The zero-order valence-electron chi connectivity index (χ0n) is 48.3. The number of carbonyl (C=O) groups is 8. The summed E-state index contributed by atoms with van der Waals surface area (Å²) in [6.07, 6.45) is 0.212. The van der Waals surface area contributed by atoms with E-state index in [0.717, 1.165) is 12.8 Å². The first kappa shape index (κ1) is 67.4. The van der Waals surface area contributed by atoms with Crippen LogP contribution in [-0.4, -0.2) is 145 Å². The molecule has 26 heteroatoms. The molecule has 2 aromatic rings. The second-order valence-electron chi connectivity index (χ2n) is 21.3. The van der Waals surface area contributed by atoms with Gasteiger partial charge in [0.05, 0.1) is 13.2 Å². The SMILES string of the molecule is CC(C)C[C@H](NC(=O)[C@H](CCCCNC(=O)OC(C)(C)C)NC(=O)[C@H](C)NC(=O)Nc1ccc(-c2c3ccc(=O)cc-3oc3cc(O)ccc23)c(C(O)O)c1)C(=O)N[C@@H](C)C(=O)NCCCNC(=O)CCOCCNC(=O)NCCCCN. The van der Waals surface area contributed by atoms with Crippen molar-refractivity contribution < 1.29 is 67.6 Å². The van der Waals surface area contributed by atoms with Gasteiger partial charge in [-0.25, -0.2) is 14.4 Å². The molecular weight excluding hydrogens is 1080 g/mol. The second kappa shape index (κ2) is 33.8. The van der Waals surface area contributed by atoms with Crippen LogP contribution in [0.25, 0.3) is 33.4 Å². The minimum Gasteiger partial charge on any atom is -0.508 e. The zero-order chi connectivity index (χ0) is 61.2. The summed E-state index contributed by atoms with van der Waals surface area (Å²) in [4.78, 5) is 117. The molecule has 0 unspecified atom stereocenters. The highest BCUT2D eigenvalue weighted by Crippen LogP contribution is 2.43. The molecule has 1 aliphatic carbocycles. The molecule has 0 spiro atoms. The van der Waals surface area contributed by atoms with Crippen molar-refractivity contribution >= 4 is 64.3 Å². The van der Waals surface area contributed by atoms with Crippen LogP contribution >= 0.6 is 0 Å². The number of rotatable bonds is 32. The van der Waals surface area contributed by atoms with Crippen LogP contribution in [0, 0.1) is 5.92 Å². The fraction of sp³-hybridized carbons (Fsp3) is 0.526. The normalized spacial score (nSPS) is 12.8. The van der Waals surface area contributed by atoms with Crippen LogP contribution in [0.15, 0.2) is 63.8 Å². The van der Waals surface area contributed by atoms with Crippen molar-refractivity contribution in [3.05, 3.63) is 70.4 Å². The van der Waals surface area contributed by atoms with E-state index < -0.39 is 71.8 Å². The third-order valence-electron chi connectivity index (χ3n) is 12.5. The number of aliphatic hydroxyl groups excluding tert-OH is 1. The number of aliphatic hydroxyl groups is 2. The number of aromatic hydroxyl groups is 1. The van der Waals surface area contributed by atoms with Gasteiger partial charge in [0, 0.05) is 79.0 Å². The Morgan fingerprint density at radius 1 is 0.639 bits per heavy atom. The predicted octanol–water partition coefficient (Wildman–Crippen LogP) is 3.05. The molecule has 0 bridgehead atoms.